The molecule has 2 aromatic rings. The summed E-state index contributed by atoms with van der Waals surface area (Å²) in [6, 6.07) is 0. The van der Waals surface area contributed by atoms with Gasteiger partial charge in [0.05, 0.1) is 24.6 Å². The number of imidazole rings is 1. The van der Waals surface area contributed by atoms with Crippen molar-refractivity contribution in [3.05, 3.63) is 18.0 Å². The number of hydrogen-bond acceptors (Lipinski definition) is 7. The first-order valence-corrected chi connectivity index (χ1v) is 5.71. The molecule has 5 N–H and O–H groups in total. The van der Waals surface area contributed by atoms with Gasteiger partial charge in [0, 0.05) is 0 Å². The maximum Gasteiger partial charge on any atom is 0.181 e. The molecule has 0 amide bonds. The molecule has 3 heterocycles. The summed E-state index contributed by atoms with van der Waals surface area (Å²) in [5, 5.41) is 40.6. The maximum absolute atomic E-state index is 9.90. The van der Waals surface area contributed by atoms with Gasteiger partial charge in [0.2, 0.25) is 0 Å². The van der Waals surface area contributed by atoms with Crippen molar-refractivity contribution in [2.45, 2.75) is 24.5 Å². The van der Waals surface area contributed by atoms with Crippen molar-refractivity contribution in [1.82, 2.24) is 19.7 Å². The third-order valence-electron chi connectivity index (χ3n) is 3.19. The fourth-order valence-electron chi connectivity index (χ4n) is 2.15. The van der Waals surface area contributed by atoms with Gasteiger partial charge in [-0.1, -0.05) is 0 Å². The standard InChI is InChI=1S/C10H13N5O4/c11-9-6-4(12-3-13-6)1-14-15(9)10-8(18)7(17)5(2-16)19-10/h1,3,5,7-8,10-11,16-18H,2H2,(H,12,13)/t5-,7-,8-,10-/m1/s1. The van der Waals surface area contributed by atoms with Gasteiger partial charge in [-0.2, -0.15) is 5.10 Å². The molecule has 9 heteroatoms. The number of hydrogen-bond donors (Lipinski definition) is 5. The Balaban J connectivity index is 2.05. The SMILES string of the molecule is N=c1c2nc[nH]c2cnn1[C@@H]1O[C@H](CO)[C@@H](O)[C@H]1O. The summed E-state index contributed by atoms with van der Waals surface area (Å²) in [4.78, 5) is 6.80. The second kappa shape index (κ2) is 4.38. The summed E-state index contributed by atoms with van der Waals surface area (Å²) in [5.74, 6) is 0. The van der Waals surface area contributed by atoms with Gasteiger partial charge < -0.3 is 25.0 Å². The number of ether oxygens (including phenoxy) is 1. The summed E-state index contributed by atoms with van der Waals surface area (Å²) in [6.45, 7) is -0.423. The molecule has 1 saturated heterocycles. The van der Waals surface area contributed by atoms with E-state index in [4.69, 9.17) is 15.3 Å². The first kappa shape index (κ1) is 12.2. The number of rotatable bonds is 2. The van der Waals surface area contributed by atoms with Gasteiger partial charge in [-0.15, -0.1) is 0 Å². The highest BCUT2D eigenvalue weighted by Crippen LogP contribution is 2.27. The largest absolute Gasteiger partial charge is 0.394 e. The van der Waals surface area contributed by atoms with Crippen LogP contribution < -0.4 is 5.49 Å². The molecule has 1 aliphatic heterocycles. The number of aliphatic hydroxyl groups is 3. The van der Waals surface area contributed by atoms with Crippen LogP contribution in [0.5, 0.6) is 0 Å². The molecule has 19 heavy (non-hydrogen) atoms. The molecule has 0 bridgehead atoms. The summed E-state index contributed by atoms with van der Waals surface area (Å²) < 4.78 is 6.45. The maximum atomic E-state index is 9.90. The smallest absolute Gasteiger partial charge is 0.181 e. The molecule has 4 atom stereocenters. The van der Waals surface area contributed by atoms with Gasteiger partial charge in [0.1, 0.15) is 23.8 Å². The van der Waals surface area contributed by atoms with Crippen LogP contribution >= 0.6 is 0 Å². The summed E-state index contributed by atoms with van der Waals surface area (Å²) >= 11 is 0. The van der Waals surface area contributed by atoms with Crippen LogP contribution in [0.15, 0.2) is 12.5 Å². The van der Waals surface area contributed by atoms with Gasteiger partial charge in [0.25, 0.3) is 0 Å². The molecule has 0 spiro atoms. The topological polar surface area (TPSA) is 140 Å². The van der Waals surface area contributed by atoms with E-state index in [-0.39, 0.29) is 5.49 Å². The monoisotopic (exact) mass is 267 g/mol. The van der Waals surface area contributed by atoms with Gasteiger partial charge >= 0.3 is 0 Å². The van der Waals surface area contributed by atoms with Crippen LogP contribution in [0.1, 0.15) is 6.23 Å². The highest BCUT2D eigenvalue weighted by Gasteiger charge is 2.44. The Morgan fingerprint density at radius 1 is 1.42 bits per heavy atom. The van der Waals surface area contributed by atoms with Crippen LogP contribution in [0.3, 0.4) is 0 Å². The molecule has 1 fully saturated rings. The van der Waals surface area contributed by atoms with E-state index in [9.17, 15) is 10.2 Å². The molecule has 0 unspecified atom stereocenters. The normalized spacial score (nSPS) is 31.1. The van der Waals surface area contributed by atoms with Crippen LogP contribution in [-0.2, 0) is 4.74 Å². The fraction of sp³-hybridized carbons (Fsp3) is 0.500. The molecule has 9 nitrogen and oxygen atoms in total. The highest BCUT2D eigenvalue weighted by atomic mass is 16.6. The van der Waals surface area contributed by atoms with Gasteiger partial charge in [-0.05, 0) is 0 Å². The van der Waals surface area contributed by atoms with E-state index in [0.717, 1.165) is 4.68 Å². The van der Waals surface area contributed by atoms with Crippen LogP contribution in [0.4, 0.5) is 0 Å². The van der Waals surface area contributed by atoms with Gasteiger partial charge in [0.15, 0.2) is 11.7 Å². The zero-order valence-electron chi connectivity index (χ0n) is 9.76. The molecule has 2 aromatic heterocycles. The Morgan fingerprint density at radius 3 is 2.89 bits per heavy atom. The van der Waals surface area contributed by atoms with Crippen LogP contribution in [0.25, 0.3) is 11.0 Å². The lowest BCUT2D eigenvalue weighted by atomic mass is 10.1. The van der Waals surface area contributed by atoms with E-state index in [1.54, 1.807) is 0 Å². The van der Waals surface area contributed by atoms with Crippen molar-refractivity contribution in [1.29, 1.82) is 5.41 Å². The van der Waals surface area contributed by atoms with Crippen LogP contribution in [0.2, 0.25) is 0 Å². The lowest BCUT2D eigenvalue weighted by Crippen LogP contribution is -2.36. The third kappa shape index (κ3) is 1.75. The minimum absolute atomic E-state index is 0.0476. The van der Waals surface area contributed by atoms with Gasteiger partial charge in [-0.3, -0.25) is 5.41 Å². The predicted molar refractivity (Wildman–Crippen MR) is 60.7 cm³/mol. The summed E-state index contributed by atoms with van der Waals surface area (Å²) in [6.07, 6.45) is -1.53. The second-order valence-electron chi connectivity index (χ2n) is 4.33. The van der Waals surface area contributed by atoms with Crippen molar-refractivity contribution in [3.8, 4) is 0 Å². The Kier molecular flexibility index (Phi) is 2.82. The molecule has 0 saturated carbocycles. The molecule has 0 aliphatic carbocycles. The average molecular weight is 267 g/mol. The average Bonchev–Trinajstić information content (AvgIpc) is 2.98. The van der Waals surface area contributed by atoms with Crippen LogP contribution in [0, 0.1) is 5.41 Å². The van der Waals surface area contributed by atoms with Crippen molar-refractivity contribution in [3.63, 3.8) is 0 Å². The summed E-state index contributed by atoms with van der Waals surface area (Å²) in [7, 11) is 0. The molecule has 1 aliphatic rings. The molecule has 102 valence electrons. The number of nitrogens with zero attached hydrogens (tertiary/aromatic N) is 3. The Morgan fingerprint density at radius 2 is 2.21 bits per heavy atom. The lowest BCUT2D eigenvalue weighted by molar-refractivity contribution is -0.0613. The van der Waals surface area contributed by atoms with Crippen molar-refractivity contribution in [2.75, 3.05) is 6.61 Å². The zero-order chi connectivity index (χ0) is 13.6. The number of aromatic amines is 1. The number of H-pyrrole nitrogens is 1. The van der Waals surface area contributed by atoms with E-state index in [1.807, 2.05) is 0 Å². The minimum Gasteiger partial charge on any atom is -0.394 e. The van der Waals surface area contributed by atoms with Crippen molar-refractivity contribution < 1.29 is 20.1 Å². The number of aromatic nitrogens is 4. The lowest BCUT2D eigenvalue weighted by Gasteiger charge is -2.16. The van der Waals surface area contributed by atoms with E-state index >= 15 is 0 Å². The second-order valence-corrected chi connectivity index (χ2v) is 4.33. The van der Waals surface area contributed by atoms with Gasteiger partial charge in [-0.25, -0.2) is 9.67 Å². The minimum atomic E-state index is -1.27. The number of nitrogens with one attached hydrogen (secondary N) is 2. The number of fused-ring (bicyclic) bond motifs is 1. The zero-order valence-corrected chi connectivity index (χ0v) is 9.76. The van der Waals surface area contributed by atoms with Crippen molar-refractivity contribution >= 4 is 11.0 Å². The molecular formula is C10H13N5O4. The fourth-order valence-corrected chi connectivity index (χ4v) is 2.15. The Bertz CT molecular complexity index is 653. The van der Waals surface area contributed by atoms with E-state index in [1.165, 1.54) is 12.5 Å². The third-order valence-corrected chi connectivity index (χ3v) is 3.19. The molecule has 3 rings (SSSR count). The highest BCUT2D eigenvalue weighted by molar-refractivity contribution is 5.71. The first-order chi connectivity index (χ1) is 9.13. The molecule has 0 radical (unpaired) electrons. The first-order valence-electron chi connectivity index (χ1n) is 5.71. The Hall–Kier alpha value is -1.81. The molecule has 0 aromatic carbocycles. The van der Waals surface area contributed by atoms with Crippen molar-refractivity contribution in [2.24, 2.45) is 0 Å². The summed E-state index contributed by atoms with van der Waals surface area (Å²) in [5.41, 5.74) is 0.925. The quantitative estimate of drug-likeness (QED) is 0.420. The van der Waals surface area contributed by atoms with E-state index in [2.05, 4.69) is 15.1 Å². The number of aliphatic hydroxyl groups excluding tert-OH is 3. The van der Waals surface area contributed by atoms with Crippen LogP contribution in [-0.4, -0.2) is 60.0 Å². The van der Waals surface area contributed by atoms with E-state index in [0.29, 0.717) is 11.0 Å². The van der Waals surface area contributed by atoms with E-state index < -0.39 is 31.1 Å². The predicted octanol–water partition coefficient (Wildman–Crippen LogP) is -2.15. The Labute approximate surface area is 106 Å². The molecular weight excluding hydrogens is 254 g/mol.